The molecule has 1 aromatic carbocycles. The molecule has 0 spiro atoms. The molecule has 21 heavy (non-hydrogen) atoms. The summed E-state index contributed by atoms with van der Waals surface area (Å²) in [5.41, 5.74) is 2.75. The molecule has 2 heterocycles. The molecule has 1 atom stereocenters. The lowest BCUT2D eigenvalue weighted by Crippen LogP contribution is -2.35. The van der Waals surface area contributed by atoms with Gasteiger partial charge in [-0.3, -0.25) is 9.78 Å². The van der Waals surface area contributed by atoms with Crippen LogP contribution in [0.25, 0.3) is 11.1 Å². The Morgan fingerprint density at radius 2 is 1.95 bits per heavy atom. The van der Waals surface area contributed by atoms with Crippen molar-refractivity contribution in [3.8, 4) is 16.9 Å². The van der Waals surface area contributed by atoms with E-state index >= 15 is 0 Å². The summed E-state index contributed by atoms with van der Waals surface area (Å²) in [5.74, 6) is 0.758. The van der Waals surface area contributed by atoms with Gasteiger partial charge in [-0.2, -0.15) is 0 Å². The van der Waals surface area contributed by atoms with Crippen LogP contribution in [-0.4, -0.2) is 42.9 Å². The van der Waals surface area contributed by atoms with Gasteiger partial charge in [-0.25, -0.2) is 0 Å². The van der Waals surface area contributed by atoms with Crippen molar-refractivity contribution in [2.45, 2.75) is 0 Å². The number of rotatable bonds is 3. The summed E-state index contributed by atoms with van der Waals surface area (Å²) in [4.78, 5) is 18.7. The molecule has 0 fully saturated rings. The number of carbonyl (C=O) groups excluding carboxylic acids is 1. The van der Waals surface area contributed by atoms with Crippen molar-refractivity contribution in [1.82, 2.24) is 9.88 Å². The van der Waals surface area contributed by atoms with Gasteiger partial charge in [0.15, 0.2) is 5.78 Å². The Morgan fingerprint density at radius 1 is 1.19 bits per heavy atom. The van der Waals surface area contributed by atoms with Crippen LogP contribution in [0, 0.1) is 5.92 Å². The number of carbonyl (C=O) groups is 1. The summed E-state index contributed by atoms with van der Waals surface area (Å²) in [6, 6.07) is 9.66. The summed E-state index contributed by atoms with van der Waals surface area (Å²) in [5, 5.41) is 0. The topological polar surface area (TPSA) is 42.4 Å². The fourth-order valence-electron chi connectivity index (χ4n) is 2.63. The van der Waals surface area contributed by atoms with E-state index in [0.29, 0.717) is 24.5 Å². The van der Waals surface area contributed by atoms with E-state index in [0.717, 1.165) is 11.1 Å². The van der Waals surface area contributed by atoms with Crippen LogP contribution >= 0.6 is 0 Å². The molecule has 0 radical (unpaired) electrons. The van der Waals surface area contributed by atoms with E-state index < -0.39 is 0 Å². The smallest absolute Gasteiger partial charge is 0.174 e. The summed E-state index contributed by atoms with van der Waals surface area (Å²) < 4.78 is 5.74. The van der Waals surface area contributed by atoms with Crippen LogP contribution in [0.5, 0.6) is 5.75 Å². The quantitative estimate of drug-likeness (QED) is 0.867. The largest absolute Gasteiger partial charge is 0.492 e. The Kier molecular flexibility index (Phi) is 3.71. The number of benzene rings is 1. The van der Waals surface area contributed by atoms with Crippen molar-refractivity contribution in [3.05, 3.63) is 48.3 Å². The van der Waals surface area contributed by atoms with Crippen LogP contribution in [0.1, 0.15) is 10.4 Å². The van der Waals surface area contributed by atoms with Gasteiger partial charge in [0.05, 0.1) is 18.1 Å². The van der Waals surface area contributed by atoms with Crippen LogP contribution in [0.4, 0.5) is 0 Å². The molecule has 0 bridgehead atoms. The molecule has 0 aliphatic carbocycles. The monoisotopic (exact) mass is 282 g/mol. The van der Waals surface area contributed by atoms with Crippen LogP contribution in [0.2, 0.25) is 0 Å². The molecular weight excluding hydrogens is 264 g/mol. The van der Waals surface area contributed by atoms with Crippen molar-refractivity contribution in [3.63, 3.8) is 0 Å². The van der Waals surface area contributed by atoms with Crippen LogP contribution in [-0.2, 0) is 0 Å². The van der Waals surface area contributed by atoms with E-state index in [9.17, 15) is 4.79 Å². The average Bonchev–Trinajstić information content (AvgIpc) is 2.50. The molecule has 3 rings (SSSR count). The Hall–Kier alpha value is -2.20. The van der Waals surface area contributed by atoms with Gasteiger partial charge in [-0.1, -0.05) is 6.07 Å². The SMILES string of the molecule is CN(C)CC1COc2ccc(-c3ccncc3)cc2C1=O. The van der Waals surface area contributed by atoms with Gasteiger partial charge in [-0.05, 0) is 49.5 Å². The zero-order valence-corrected chi connectivity index (χ0v) is 12.2. The highest BCUT2D eigenvalue weighted by Crippen LogP contribution is 2.31. The average molecular weight is 282 g/mol. The number of Topliss-reactive ketones (excluding diaryl/α,β-unsaturated/α-hetero) is 1. The fourth-order valence-corrected chi connectivity index (χ4v) is 2.63. The predicted octanol–water partition coefficient (Wildman–Crippen LogP) is 2.50. The van der Waals surface area contributed by atoms with E-state index in [2.05, 4.69) is 4.98 Å². The Balaban J connectivity index is 1.95. The lowest BCUT2D eigenvalue weighted by atomic mass is 9.92. The number of ketones is 1. The Bertz CT molecular complexity index is 653. The number of aromatic nitrogens is 1. The van der Waals surface area contributed by atoms with Gasteiger partial charge in [0.25, 0.3) is 0 Å². The molecule has 1 aliphatic rings. The van der Waals surface area contributed by atoms with Gasteiger partial charge in [-0.15, -0.1) is 0 Å². The molecule has 0 saturated heterocycles. The predicted molar refractivity (Wildman–Crippen MR) is 81.5 cm³/mol. The maximum Gasteiger partial charge on any atom is 0.174 e. The molecule has 2 aromatic rings. The van der Waals surface area contributed by atoms with E-state index in [1.165, 1.54) is 0 Å². The molecule has 0 N–H and O–H groups in total. The third kappa shape index (κ3) is 2.81. The number of fused-ring (bicyclic) bond motifs is 1. The molecule has 0 amide bonds. The first-order valence-corrected chi connectivity index (χ1v) is 7.01. The van der Waals surface area contributed by atoms with Gasteiger partial charge in [0.1, 0.15) is 5.75 Å². The number of pyridine rings is 1. The second-order valence-corrected chi connectivity index (χ2v) is 5.58. The first kappa shape index (κ1) is 13.8. The standard InChI is InChI=1S/C17H18N2O2/c1-19(2)10-14-11-21-16-4-3-13(9-15(16)17(14)20)12-5-7-18-8-6-12/h3-9,14H,10-11H2,1-2H3. The third-order valence-corrected chi connectivity index (χ3v) is 3.66. The summed E-state index contributed by atoms with van der Waals surface area (Å²) in [6.45, 7) is 1.16. The summed E-state index contributed by atoms with van der Waals surface area (Å²) in [7, 11) is 3.94. The van der Waals surface area contributed by atoms with E-state index in [1.807, 2.05) is 49.3 Å². The molecule has 1 aliphatic heterocycles. The lowest BCUT2D eigenvalue weighted by molar-refractivity contribution is 0.0796. The minimum Gasteiger partial charge on any atom is -0.492 e. The van der Waals surface area contributed by atoms with Crippen molar-refractivity contribution in [2.75, 3.05) is 27.2 Å². The zero-order valence-electron chi connectivity index (χ0n) is 12.2. The molecule has 108 valence electrons. The summed E-state index contributed by atoms with van der Waals surface area (Å²) >= 11 is 0. The molecule has 4 nitrogen and oxygen atoms in total. The third-order valence-electron chi connectivity index (χ3n) is 3.66. The van der Waals surface area contributed by atoms with Crippen LogP contribution in [0.3, 0.4) is 0 Å². The minimum atomic E-state index is -0.0970. The molecular formula is C17H18N2O2. The van der Waals surface area contributed by atoms with Gasteiger partial charge in [0, 0.05) is 18.9 Å². The molecule has 4 heteroatoms. The van der Waals surface area contributed by atoms with Crippen molar-refractivity contribution in [2.24, 2.45) is 5.92 Å². The van der Waals surface area contributed by atoms with Crippen LogP contribution < -0.4 is 4.74 Å². The van der Waals surface area contributed by atoms with E-state index in [4.69, 9.17) is 4.74 Å². The Labute approximate surface area is 124 Å². The second kappa shape index (κ2) is 5.66. The lowest BCUT2D eigenvalue weighted by Gasteiger charge is -2.26. The van der Waals surface area contributed by atoms with Crippen molar-refractivity contribution >= 4 is 5.78 Å². The van der Waals surface area contributed by atoms with E-state index in [1.54, 1.807) is 12.4 Å². The van der Waals surface area contributed by atoms with E-state index in [-0.39, 0.29) is 11.7 Å². The zero-order chi connectivity index (χ0) is 14.8. The fraction of sp³-hybridized carbons (Fsp3) is 0.294. The van der Waals surface area contributed by atoms with Crippen molar-refractivity contribution < 1.29 is 9.53 Å². The second-order valence-electron chi connectivity index (χ2n) is 5.58. The number of nitrogens with zero attached hydrogens (tertiary/aromatic N) is 2. The molecule has 1 unspecified atom stereocenters. The maximum atomic E-state index is 12.6. The van der Waals surface area contributed by atoms with Crippen LogP contribution in [0.15, 0.2) is 42.7 Å². The highest BCUT2D eigenvalue weighted by molar-refractivity contribution is 6.02. The minimum absolute atomic E-state index is 0.0970. The highest BCUT2D eigenvalue weighted by atomic mass is 16.5. The Morgan fingerprint density at radius 3 is 2.67 bits per heavy atom. The molecule has 1 aromatic heterocycles. The number of hydrogen-bond donors (Lipinski definition) is 0. The highest BCUT2D eigenvalue weighted by Gasteiger charge is 2.29. The normalized spacial score (nSPS) is 17.5. The first-order valence-electron chi connectivity index (χ1n) is 7.01. The first-order chi connectivity index (χ1) is 10.1. The maximum absolute atomic E-state index is 12.6. The number of hydrogen-bond acceptors (Lipinski definition) is 4. The number of ether oxygens (including phenoxy) is 1. The van der Waals surface area contributed by atoms with Gasteiger partial charge < -0.3 is 9.64 Å². The van der Waals surface area contributed by atoms with Gasteiger partial charge >= 0.3 is 0 Å². The van der Waals surface area contributed by atoms with Crippen molar-refractivity contribution in [1.29, 1.82) is 0 Å². The molecule has 0 saturated carbocycles. The van der Waals surface area contributed by atoms with Gasteiger partial charge in [0.2, 0.25) is 0 Å². The summed E-state index contributed by atoms with van der Waals surface area (Å²) in [6.07, 6.45) is 3.50.